The van der Waals surface area contributed by atoms with Crippen LogP contribution >= 0.6 is 24.0 Å². The molecule has 1 heterocycles. The second-order valence-corrected chi connectivity index (χ2v) is 6.41. The molecule has 2 aromatic carbocycles. The maximum absolute atomic E-state index is 5.65. The van der Waals surface area contributed by atoms with Crippen LogP contribution in [-0.4, -0.2) is 51.8 Å². The Hall–Kier alpha value is -2.16. The molecule has 0 aliphatic carbocycles. The van der Waals surface area contributed by atoms with Crippen LogP contribution in [0.1, 0.15) is 11.1 Å². The fraction of sp³-hybridized carbons (Fsp3) is 0.381. The zero-order chi connectivity index (χ0) is 19.1. The number of rotatable bonds is 6. The van der Waals surface area contributed by atoms with Crippen LogP contribution in [0.25, 0.3) is 0 Å². The molecule has 0 radical (unpaired) electrons. The van der Waals surface area contributed by atoms with Crippen molar-refractivity contribution in [2.24, 2.45) is 4.99 Å². The minimum absolute atomic E-state index is 0. The number of hydrogen-bond donors (Lipinski definition) is 1. The smallest absolute Gasteiger partial charge is 0.193 e. The van der Waals surface area contributed by atoms with Crippen molar-refractivity contribution in [3.05, 3.63) is 53.6 Å². The molecule has 0 amide bonds. The topological polar surface area (TPSA) is 55.3 Å². The van der Waals surface area contributed by atoms with E-state index >= 15 is 0 Å². The van der Waals surface area contributed by atoms with Gasteiger partial charge in [0, 0.05) is 27.2 Å². The van der Waals surface area contributed by atoms with Crippen LogP contribution in [0, 0.1) is 0 Å². The van der Waals surface area contributed by atoms with E-state index in [0.29, 0.717) is 13.2 Å². The van der Waals surface area contributed by atoms with Gasteiger partial charge in [0.1, 0.15) is 19.0 Å². The lowest BCUT2D eigenvalue weighted by Gasteiger charge is -2.22. The van der Waals surface area contributed by atoms with Gasteiger partial charge in [-0.05, 0) is 41.8 Å². The summed E-state index contributed by atoms with van der Waals surface area (Å²) in [6, 6.07) is 14.2. The summed E-state index contributed by atoms with van der Waals surface area (Å²) in [5.41, 5.74) is 2.41. The number of fused-ring (bicyclic) bond motifs is 1. The van der Waals surface area contributed by atoms with Crippen molar-refractivity contribution in [2.75, 3.05) is 41.0 Å². The Morgan fingerprint density at radius 3 is 2.43 bits per heavy atom. The molecule has 0 atom stereocenters. The molecule has 0 bridgehead atoms. The summed E-state index contributed by atoms with van der Waals surface area (Å²) in [7, 11) is 5.51. The van der Waals surface area contributed by atoms with E-state index in [1.807, 2.05) is 25.2 Å². The van der Waals surface area contributed by atoms with Gasteiger partial charge in [-0.15, -0.1) is 24.0 Å². The van der Waals surface area contributed by atoms with Gasteiger partial charge in [-0.25, -0.2) is 0 Å². The van der Waals surface area contributed by atoms with E-state index in [1.165, 1.54) is 11.1 Å². The van der Waals surface area contributed by atoms with Crippen LogP contribution in [0.15, 0.2) is 47.5 Å². The predicted octanol–water partition coefficient (Wildman–Crippen LogP) is 3.33. The molecular formula is C21H28IN3O3. The molecule has 28 heavy (non-hydrogen) atoms. The number of ether oxygens (including phenoxy) is 3. The summed E-state index contributed by atoms with van der Waals surface area (Å²) in [6.07, 6.45) is 0.881. The van der Waals surface area contributed by atoms with E-state index in [1.54, 1.807) is 14.2 Å². The van der Waals surface area contributed by atoms with Crippen molar-refractivity contribution in [2.45, 2.75) is 13.0 Å². The standard InChI is InChI=1S/C21H27N3O3.HI/c1-22-21(24(2)15-17-4-7-18(25-3)8-5-17)23-11-10-16-6-9-19-20(14-16)27-13-12-26-19;/h4-9,14H,10-13,15H2,1-3H3,(H,22,23);1H. The van der Waals surface area contributed by atoms with Crippen molar-refractivity contribution in [1.82, 2.24) is 10.2 Å². The Morgan fingerprint density at radius 2 is 1.75 bits per heavy atom. The van der Waals surface area contributed by atoms with E-state index in [2.05, 4.69) is 39.5 Å². The number of nitrogens with zero attached hydrogens (tertiary/aromatic N) is 2. The quantitative estimate of drug-likeness (QED) is 0.377. The SMILES string of the molecule is CN=C(NCCc1ccc2c(c1)OCCO2)N(C)Cc1ccc(OC)cc1.I. The van der Waals surface area contributed by atoms with E-state index in [-0.39, 0.29) is 24.0 Å². The van der Waals surface area contributed by atoms with Crippen LogP contribution in [0.3, 0.4) is 0 Å². The van der Waals surface area contributed by atoms with Gasteiger partial charge >= 0.3 is 0 Å². The fourth-order valence-electron chi connectivity index (χ4n) is 3.03. The highest BCUT2D eigenvalue weighted by Gasteiger charge is 2.12. The van der Waals surface area contributed by atoms with Crippen molar-refractivity contribution in [3.8, 4) is 17.2 Å². The molecule has 6 nitrogen and oxygen atoms in total. The fourth-order valence-corrected chi connectivity index (χ4v) is 3.03. The Balaban J connectivity index is 0.00000280. The maximum Gasteiger partial charge on any atom is 0.193 e. The summed E-state index contributed by atoms with van der Waals surface area (Å²) in [5, 5.41) is 3.42. The van der Waals surface area contributed by atoms with Crippen molar-refractivity contribution in [3.63, 3.8) is 0 Å². The molecule has 152 valence electrons. The lowest BCUT2D eigenvalue weighted by Crippen LogP contribution is -2.39. The van der Waals surface area contributed by atoms with Crippen molar-refractivity contribution < 1.29 is 14.2 Å². The summed E-state index contributed by atoms with van der Waals surface area (Å²) in [4.78, 5) is 6.48. The van der Waals surface area contributed by atoms with Crippen molar-refractivity contribution >= 4 is 29.9 Å². The van der Waals surface area contributed by atoms with Gasteiger partial charge in [0.2, 0.25) is 0 Å². The molecule has 0 spiro atoms. The maximum atomic E-state index is 5.65. The zero-order valence-electron chi connectivity index (χ0n) is 16.6. The predicted molar refractivity (Wildman–Crippen MR) is 122 cm³/mol. The first-order chi connectivity index (χ1) is 13.2. The van der Waals surface area contributed by atoms with Gasteiger partial charge in [0.25, 0.3) is 0 Å². The molecule has 1 aliphatic rings. The Kier molecular flexibility index (Phi) is 8.69. The minimum Gasteiger partial charge on any atom is -0.497 e. The monoisotopic (exact) mass is 497 g/mol. The Labute approximate surface area is 183 Å². The molecule has 0 unspecified atom stereocenters. The van der Waals surface area contributed by atoms with Crippen LogP contribution in [-0.2, 0) is 13.0 Å². The summed E-state index contributed by atoms with van der Waals surface area (Å²) >= 11 is 0. The van der Waals surface area contributed by atoms with Crippen LogP contribution in [0.2, 0.25) is 0 Å². The first-order valence-electron chi connectivity index (χ1n) is 9.13. The molecule has 0 aromatic heterocycles. The van der Waals surface area contributed by atoms with Gasteiger partial charge in [-0.2, -0.15) is 0 Å². The van der Waals surface area contributed by atoms with E-state index in [0.717, 1.165) is 42.7 Å². The largest absolute Gasteiger partial charge is 0.497 e. The second kappa shape index (κ2) is 11.0. The van der Waals surface area contributed by atoms with Crippen LogP contribution < -0.4 is 19.5 Å². The first kappa shape index (κ1) is 22.1. The summed E-state index contributed by atoms with van der Waals surface area (Å²) in [5.74, 6) is 3.39. The van der Waals surface area contributed by atoms with Gasteiger partial charge in [-0.1, -0.05) is 18.2 Å². The average molecular weight is 497 g/mol. The lowest BCUT2D eigenvalue weighted by atomic mass is 10.1. The molecule has 3 rings (SSSR count). The van der Waals surface area contributed by atoms with E-state index in [9.17, 15) is 0 Å². The van der Waals surface area contributed by atoms with Gasteiger partial charge < -0.3 is 24.4 Å². The molecule has 0 saturated heterocycles. The number of nitrogens with one attached hydrogen (secondary N) is 1. The Morgan fingerprint density at radius 1 is 1.07 bits per heavy atom. The Bertz CT molecular complexity index is 781. The number of guanidine groups is 1. The van der Waals surface area contributed by atoms with Crippen molar-refractivity contribution in [1.29, 1.82) is 0 Å². The summed E-state index contributed by atoms with van der Waals surface area (Å²) < 4.78 is 16.4. The number of halogens is 1. The highest BCUT2D eigenvalue weighted by atomic mass is 127. The zero-order valence-corrected chi connectivity index (χ0v) is 18.9. The third-order valence-electron chi connectivity index (χ3n) is 4.46. The van der Waals surface area contributed by atoms with E-state index in [4.69, 9.17) is 14.2 Å². The second-order valence-electron chi connectivity index (χ2n) is 6.41. The molecule has 0 fully saturated rings. The number of aliphatic imine (C=N–C) groups is 1. The van der Waals surface area contributed by atoms with Gasteiger partial charge in [-0.3, -0.25) is 4.99 Å². The molecule has 7 heteroatoms. The molecule has 0 saturated carbocycles. The average Bonchev–Trinajstić information content (AvgIpc) is 2.71. The molecule has 1 aliphatic heterocycles. The van der Waals surface area contributed by atoms with E-state index < -0.39 is 0 Å². The number of benzene rings is 2. The first-order valence-corrected chi connectivity index (χ1v) is 9.13. The van der Waals surface area contributed by atoms with Gasteiger partial charge in [0.05, 0.1) is 7.11 Å². The molecular weight excluding hydrogens is 469 g/mol. The van der Waals surface area contributed by atoms with Crippen LogP contribution in [0.4, 0.5) is 0 Å². The third kappa shape index (κ3) is 5.92. The highest BCUT2D eigenvalue weighted by molar-refractivity contribution is 14.0. The normalized spacial score (nSPS) is 12.8. The minimum atomic E-state index is 0. The molecule has 2 aromatic rings. The van der Waals surface area contributed by atoms with Crippen LogP contribution in [0.5, 0.6) is 17.2 Å². The lowest BCUT2D eigenvalue weighted by molar-refractivity contribution is 0.171. The molecule has 1 N–H and O–H groups in total. The highest BCUT2D eigenvalue weighted by Crippen LogP contribution is 2.30. The number of methoxy groups -OCH3 is 1. The van der Waals surface area contributed by atoms with Gasteiger partial charge in [0.15, 0.2) is 17.5 Å². The third-order valence-corrected chi connectivity index (χ3v) is 4.46. The summed E-state index contributed by atoms with van der Waals surface area (Å²) in [6.45, 7) is 2.79. The number of hydrogen-bond acceptors (Lipinski definition) is 4.